The number of aromatic nitrogens is 4. The number of halogens is 1. The van der Waals surface area contributed by atoms with Crippen molar-refractivity contribution in [3.05, 3.63) is 71.0 Å². The molecule has 0 atom stereocenters. The molecule has 4 aromatic rings. The smallest absolute Gasteiger partial charge is 0.211 e. The Kier molecular flexibility index (Phi) is 3.54. The van der Waals surface area contributed by atoms with E-state index in [9.17, 15) is 0 Å². The zero-order valence-corrected chi connectivity index (χ0v) is 14.1. The van der Waals surface area contributed by atoms with Crippen molar-refractivity contribution in [1.29, 1.82) is 0 Å². The van der Waals surface area contributed by atoms with Crippen LogP contribution in [0.15, 0.2) is 54.6 Å². The summed E-state index contributed by atoms with van der Waals surface area (Å²) in [5.41, 5.74) is 4.66. The van der Waals surface area contributed by atoms with Crippen molar-refractivity contribution in [2.75, 3.05) is 0 Å². The third kappa shape index (κ3) is 2.55. The van der Waals surface area contributed by atoms with Crippen molar-refractivity contribution in [3.8, 4) is 17.2 Å². The molecule has 5 heteroatoms. The number of benzene rings is 2. The number of hydrogen-bond donors (Lipinski definition) is 0. The lowest BCUT2D eigenvalue weighted by Gasteiger charge is -2.10. The predicted octanol–water partition coefficient (Wildman–Crippen LogP) is 4.75. The van der Waals surface area contributed by atoms with Crippen LogP contribution in [0.2, 0.25) is 5.02 Å². The van der Waals surface area contributed by atoms with Crippen LogP contribution in [-0.2, 0) is 0 Å². The fourth-order valence-electron chi connectivity index (χ4n) is 2.83. The van der Waals surface area contributed by atoms with Crippen molar-refractivity contribution < 1.29 is 0 Å². The minimum Gasteiger partial charge on any atom is -0.211 e. The lowest BCUT2D eigenvalue weighted by atomic mass is 10.1. The Hall–Kier alpha value is -2.72. The molecule has 0 unspecified atom stereocenters. The van der Waals surface area contributed by atoms with E-state index in [4.69, 9.17) is 16.6 Å². The van der Waals surface area contributed by atoms with Gasteiger partial charge in [0.1, 0.15) is 0 Å². The molecule has 0 spiro atoms. The standard InChI is InChI=1S/C19H15ClN4/c1-12-10-13(2)24(23-12)19-21-17-9-8-15(20)11-16(17)18(22-19)14-6-4-3-5-7-14/h3-11H,1-2H3. The molecule has 4 nitrogen and oxygen atoms in total. The fraction of sp³-hybridized carbons (Fsp3) is 0.105. The molecular weight excluding hydrogens is 320 g/mol. The lowest BCUT2D eigenvalue weighted by Crippen LogP contribution is -2.06. The molecule has 0 aliphatic rings. The van der Waals surface area contributed by atoms with Crippen LogP contribution in [-0.4, -0.2) is 19.7 Å². The highest BCUT2D eigenvalue weighted by Crippen LogP contribution is 2.29. The first-order valence-corrected chi connectivity index (χ1v) is 8.06. The maximum Gasteiger partial charge on any atom is 0.251 e. The second kappa shape index (κ2) is 5.73. The van der Waals surface area contributed by atoms with E-state index in [0.29, 0.717) is 11.0 Å². The maximum absolute atomic E-state index is 6.19. The van der Waals surface area contributed by atoms with Gasteiger partial charge in [0.25, 0.3) is 5.95 Å². The van der Waals surface area contributed by atoms with Gasteiger partial charge >= 0.3 is 0 Å². The molecule has 0 N–H and O–H groups in total. The lowest BCUT2D eigenvalue weighted by molar-refractivity contribution is 0.781. The second-order valence-corrected chi connectivity index (χ2v) is 6.18. The summed E-state index contributed by atoms with van der Waals surface area (Å²) in [7, 11) is 0. The van der Waals surface area contributed by atoms with Crippen molar-refractivity contribution >= 4 is 22.5 Å². The molecule has 2 heterocycles. The predicted molar refractivity (Wildman–Crippen MR) is 96.6 cm³/mol. The molecule has 4 rings (SSSR count). The summed E-state index contributed by atoms with van der Waals surface area (Å²) in [6.07, 6.45) is 0. The zero-order chi connectivity index (χ0) is 16.7. The number of fused-ring (bicyclic) bond motifs is 1. The van der Waals surface area contributed by atoms with Crippen molar-refractivity contribution in [2.45, 2.75) is 13.8 Å². The molecule has 118 valence electrons. The Morgan fingerprint density at radius 1 is 0.917 bits per heavy atom. The zero-order valence-electron chi connectivity index (χ0n) is 13.4. The number of hydrogen-bond acceptors (Lipinski definition) is 3. The second-order valence-electron chi connectivity index (χ2n) is 5.74. The van der Waals surface area contributed by atoms with Crippen molar-refractivity contribution in [1.82, 2.24) is 19.7 Å². The average molecular weight is 335 g/mol. The van der Waals surface area contributed by atoms with Crippen LogP contribution in [0.5, 0.6) is 0 Å². The van der Waals surface area contributed by atoms with Gasteiger partial charge in [0.2, 0.25) is 0 Å². The van der Waals surface area contributed by atoms with Crippen LogP contribution >= 0.6 is 11.6 Å². The van der Waals surface area contributed by atoms with E-state index in [0.717, 1.165) is 33.5 Å². The van der Waals surface area contributed by atoms with Gasteiger partial charge in [-0.15, -0.1) is 0 Å². The summed E-state index contributed by atoms with van der Waals surface area (Å²) in [6, 6.07) is 17.7. The van der Waals surface area contributed by atoms with Gasteiger partial charge in [-0.05, 0) is 38.1 Å². The molecule has 24 heavy (non-hydrogen) atoms. The van der Waals surface area contributed by atoms with Crippen LogP contribution in [0.3, 0.4) is 0 Å². The fourth-order valence-corrected chi connectivity index (χ4v) is 3.00. The molecule has 0 fully saturated rings. The Labute approximate surface area is 144 Å². The summed E-state index contributed by atoms with van der Waals surface area (Å²) >= 11 is 6.19. The number of rotatable bonds is 2. The van der Waals surface area contributed by atoms with Crippen LogP contribution in [0, 0.1) is 13.8 Å². The van der Waals surface area contributed by atoms with Crippen LogP contribution < -0.4 is 0 Å². The van der Waals surface area contributed by atoms with Gasteiger partial charge in [0.05, 0.1) is 16.9 Å². The Balaban J connectivity index is 2.04. The monoisotopic (exact) mass is 334 g/mol. The van der Waals surface area contributed by atoms with Crippen molar-refractivity contribution in [3.63, 3.8) is 0 Å². The number of aryl methyl sites for hydroxylation is 2. The summed E-state index contributed by atoms with van der Waals surface area (Å²) in [6.45, 7) is 3.96. The Morgan fingerprint density at radius 3 is 2.42 bits per heavy atom. The first-order valence-electron chi connectivity index (χ1n) is 7.68. The van der Waals surface area contributed by atoms with E-state index in [1.54, 1.807) is 4.68 Å². The van der Waals surface area contributed by atoms with E-state index in [1.165, 1.54) is 0 Å². The molecular formula is C19H15ClN4. The van der Waals surface area contributed by atoms with E-state index >= 15 is 0 Å². The third-order valence-corrected chi connectivity index (χ3v) is 4.13. The molecule has 0 saturated heterocycles. The SMILES string of the molecule is Cc1cc(C)n(-c2nc(-c3ccccc3)c3cc(Cl)ccc3n2)n1. The van der Waals surface area contributed by atoms with E-state index in [2.05, 4.69) is 10.1 Å². The minimum absolute atomic E-state index is 0.564. The summed E-state index contributed by atoms with van der Waals surface area (Å²) in [4.78, 5) is 9.46. The quantitative estimate of drug-likeness (QED) is 0.531. The third-order valence-electron chi connectivity index (χ3n) is 3.89. The van der Waals surface area contributed by atoms with Gasteiger partial charge in [-0.25, -0.2) is 14.6 Å². The summed E-state index contributed by atoms with van der Waals surface area (Å²) < 4.78 is 1.77. The summed E-state index contributed by atoms with van der Waals surface area (Å²) in [5.74, 6) is 0.564. The highest BCUT2D eigenvalue weighted by molar-refractivity contribution is 6.31. The maximum atomic E-state index is 6.19. The Morgan fingerprint density at radius 2 is 1.71 bits per heavy atom. The van der Waals surface area contributed by atoms with Gasteiger partial charge < -0.3 is 0 Å². The molecule has 2 aromatic carbocycles. The van der Waals surface area contributed by atoms with E-state index in [-0.39, 0.29) is 0 Å². The molecule has 0 amide bonds. The van der Waals surface area contributed by atoms with Crippen LogP contribution in [0.25, 0.3) is 28.1 Å². The highest BCUT2D eigenvalue weighted by Gasteiger charge is 2.13. The average Bonchev–Trinajstić information content (AvgIpc) is 2.93. The van der Waals surface area contributed by atoms with Gasteiger partial charge in [-0.1, -0.05) is 41.9 Å². The summed E-state index contributed by atoms with van der Waals surface area (Å²) in [5, 5.41) is 6.10. The Bertz CT molecular complexity index is 1040. The van der Waals surface area contributed by atoms with E-state index in [1.807, 2.05) is 68.4 Å². The van der Waals surface area contributed by atoms with Crippen molar-refractivity contribution in [2.24, 2.45) is 0 Å². The largest absolute Gasteiger partial charge is 0.251 e. The van der Waals surface area contributed by atoms with Gasteiger partial charge in [-0.3, -0.25) is 0 Å². The van der Waals surface area contributed by atoms with Crippen LogP contribution in [0.4, 0.5) is 0 Å². The van der Waals surface area contributed by atoms with Crippen LogP contribution in [0.1, 0.15) is 11.4 Å². The molecule has 0 radical (unpaired) electrons. The highest BCUT2D eigenvalue weighted by atomic mass is 35.5. The van der Waals surface area contributed by atoms with Gasteiger partial charge in [0, 0.05) is 21.7 Å². The first-order chi connectivity index (χ1) is 11.6. The first kappa shape index (κ1) is 14.8. The molecule has 2 aromatic heterocycles. The topological polar surface area (TPSA) is 43.6 Å². The molecule has 0 saturated carbocycles. The van der Waals surface area contributed by atoms with Gasteiger partial charge in [0.15, 0.2) is 0 Å². The number of nitrogens with zero attached hydrogens (tertiary/aromatic N) is 4. The molecule has 0 aliphatic heterocycles. The normalized spacial score (nSPS) is 11.1. The molecule has 0 aliphatic carbocycles. The van der Waals surface area contributed by atoms with Gasteiger partial charge in [-0.2, -0.15) is 5.10 Å². The minimum atomic E-state index is 0.564. The molecule has 0 bridgehead atoms. The van der Waals surface area contributed by atoms with E-state index < -0.39 is 0 Å².